The Labute approximate surface area is 131 Å². The monoisotopic (exact) mass is 295 g/mol. The van der Waals surface area contributed by atoms with Gasteiger partial charge in [0.25, 0.3) is 0 Å². The second-order valence-electron chi connectivity index (χ2n) is 6.06. The van der Waals surface area contributed by atoms with Crippen LogP contribution in [0.25, 0.3) is 11.1 Å². The lowest BCUT2D eigenvalue weighted by Gasteiger charge is -1.98. The van der Waals surface area contributed by atoms with Gasteiger partial charge in [-0.2, -0.15) is 0 Å². The maximum absolute atomic E-state index is 5.01. The second-order valence-corrected chi connectivity index (χ2v) is 6.06. The highest BCUT2D eigenvalue weighted by atomic mass is 16.6. The average molecular weight is 295 g/mol. The molecule has 0 spiro atoms. The van der Waals surface area contributed by atoms with Gasteiger partial charge in [-0.1, -0.05) is 48.5 Å². The summed E-state index contributed by atoms with van der Waals surface area (Å²) in [4.78, 5) is 0. The number of rotatable bonds is 4. The molecule has 0 radical (unpaired) electrons. The maximum atomic E-state index is 5.01. The Morgan fingerprint density at radius 3 is 1.68 bits per heavy atom. The van der Waals surface area contributed by atoms with Crippen LogP contribution < -0.4 is 5.32 Å². The molecule has 0 aromatic heterocycles. The van der Waals surface area contributed by atoms with Gasteiger partial charge < -0.3 is 14.8 Å². The number of hydrogen-bond donors (Lipinski definition) is 1. The highest BCUT2D eigenvalue weighted by Crippen LogP contribution is 2.35. The lowest BCUT2D eigenvalue weighted by molar-refractivity contribution is 0.373. The fourth-order valence-electron chi connectivity index (χ4n) is 2.86. The molecule has 3 nitrogen and oxygen atoms in total. The molecule has 0 saturated carbocycles. The van der Waals surface area contributed by atoms with Crippen molar-refractivity contribution in [3.63, 3.8) is 0 Å². The van der Waals surface area contributed by atoms with Gasteiger partial charge in [-0.25, -0.2) is 0 Å². The molecular weight excluding hydrogens is 274 g/mol. The first-order valence-corrected chi connectivity index (χ1v) is 8.00. The fraction of sp³-hybridized carbons (Fsp3) is 0.368. The van der Waals surface area contributed by atoms with E-state index in [1.54, 1.807) is 0 Å². The zero-order chi connectivity index (χ0) is 14.8. The van der Waals surface area contributed by atoms with E-state index in [1.165, 1.54) is 22.3 Å². The van der Waals surface area contributed by atoms with Crippen molar-refractivity contribution in [2.75, 3.05) is 26.3 Å². The van der Waals surface area contributed by atoms with E-state index >= 15 is 0 Å². The zero-order valence-electron chi connectivity index (χ0n) is 12.6. The molecule has 3 heteroatoms. The standard InChI is InChI=1S/C13H10.C6H11NO2/c1-3-7-12-10(5-1)9-11-6-2-4-8-13(11)12;1(5-3-8-5)7-2-6-4-9-6/h1-8H,9H2;5-7H,1-4H2. The Hall–Kier alpha value is -1.68. The Morgan fingerprint density at radius 1 is 0.773 bits per heavy atom. The molecule has 2 heterocycles. The molecule has 0 amide bonds. The minimum absolute atomic E-state index is 0.503. The van der Waals surface area contributed by atoms with Crippen molar-refractivity contribution in [3.05, 3.63) is 59.7 Å². The Kier molecular flexibility index (Phi) is 3.94. The molecule has 0 bridgehead atoms. The molecule has 5 rings (SSSR count). The van der Waals surface area contributed by atoms with Gasteiger partial charge in [0.1, 0.15) is 0 Å². The molecule has 1 N–H and O–H groups in total. The third-order valence-electron chi connectivity index (χ3n) is 4.25. The van der Waals surface area contributed by atoms with Crippen molar-refractivity contribution in [3.8, 4) is 11.1 Å². The topological polar surface area (TPSA) is 37.1 Å². The first-order chi connectivity index (χ1) is 10.9. The summed E-state index contributed by atoms with van der Waals surface area (Å²) >= 11 is 0. The van der Waals surface area contributed by atoms with Crippen LogP contribution in [0.2, 0.25) is 0 Å². The van der Waals surface area contributed by atoms with Gasteiger partial charge in [0.15, 0.2) is 0 Å². The van der Waals surface area contributed by atoms with Gasteiger partial charge in [-0.15, -0.1) is 0 Å². The Morgan fingerprint density at radius 2 is 1.23 bits per heavy atom. The van der Waals surface area contributed by atoms with Gasteiger partial charge in [-0.05, 0) is 28.7 Å². The van der Waals surface area contributed by atoms with Crippen molar-refractivity contribution in [2.45, 2.75) is 18.6 Å². The molecule has 1 aliphatic carbocycles. The van der Waals surface area contributed by atoms with Gasteiger partial charge in [0.05, 0.1) is 25.4 Å². The summed E-state index contributed by atoms with van der Waals surface area (Å²) in [5.74, 6) is 0. The molecule has 2 fully saturated rings. The summed E-state index contributed by atoms with van der Waals surface area (Å²) in [7, 11) is 0. The van der Waals surface area contributed by atoms with Gasteiger partial charge in [0.2, 0.25) is 0 Å². The molecule has 2 atom stereocenters. The summed E-state index contributed by atoms with van der Waals surface area (Å²) < 4.78 is 10.0. The molecule has 2 unspecified atom stereocenters. The highest BCUT2D eigenvalue weighted by Gasteiger charge is 2.25. The third-order valence-corrected chi connectivity index (χ3v) is 4.25. The van der Waals surface area contributed by atoms with Crippen LogP contribution in [-0.4, -0.2) is 38.5 Å². The van der Waals surface area contributed by atoms with Gasteiger partial charge >= 0.3 is 0 Å². The molecule has 2 aliphatic heterocycles. The van der Waals surface area contributed by atoms with Crippen LogP contribution in [0.4, 0.5) is 0 Å². The fourth-order valence-corrected chi connectivity index (χ4v) is 2.86. The number of nitrogens with one attached hydrogen (secondary N) is 1. The van der Waals surface area contributed by atoms with E-state index in [4.69, 9.17) is 9.47 Å². The Bertz CT molecular complexity index is 592. The number of epoxide rings is 2. The smallest absolute Gasteiger partial charge is 0.0933 e. The van der Waals surface area contributed by atoms with Crippen LogP contribution >= 0.6 is 0 Å². The molecule has 22 heavy (non-hydrogen) atoms. The van der Waals surface area contributed by atoms with Crippen molar-refractivity contribution >= 4 is 0 Å². The van der Waals surface area contributed by atoms with Gasteiger partial charge in [-0.3, -0.25) is 0 Å². The summed E-state index contributed by atoms with van der Waals surface area (Å²) in [5, 5.41) is 3.26. The Balaban J connectivity index is 0.000000122. The van der Waals surface area contributed by atoms with E-state index in [9.17, 15) is 0 Å². The van der Waals surface area contributed by atoms with E-state index < -0.39 is 0 Å². The molecule has 2 aromatic carbocycles. The minimum Gasteiger partial charge on any atom is -0.372 e. The average Bonchev–Trinajstić information content (AvgIpc) is 3.47. The SMILES string of the molecule is C(NCC1CO1)C1CO1.c1ccc2c(c1)Cc1ccccc1-2. The van der Waals surface area contributed by atoms with E-state index in [0.29, 0.717) is 12.2 Å². The lowest BCUT2D eigenvalue weighted by Crippen LogP contribution is -2.24. The van der Waals surface area contributed by atoms with E-state index in [0.717, 1.165) is 32.7 Å². The van der Waals surface area contributed by atoms with Crippen molar-refractivity contribution in [2.24, 2.45) is 0 Å². The van der Waals surface area contributed by atoms with E-state index in [2.05, 4.69) is 53.8 Å². The van der Waals surface area contributed by atoms with Crippen molar-refractivity contribution in [1.29, 1.82) is 0 Å². The summed E-state index contributed by atoms with van der Waals surface area (Å²) in [5.41, 5.74) is 5.75. The molecular formula is C19H21NO2. The minimum atomic E-state index is 0.503. The van der Waals surface area contributed by atoms with Crippen LogP contribution in [0.5, 0.6) is 0 Å². The van der Waals surface area contributed by atoms with Crippen molar-refractivity contribution in [1.82, 2.24) is 5.32 Å². The number of benzene rings is 2. The van der Waals surface area contributed by atoms with Crippen molar-refractivity contribution < 1.29 is 9.47 Å². The van der Waals surface area contributed by atoms with Crippen LogP contribution in [0, 0.1) is 0 Å². The predicted octanol–water partition coefficient (Wildman–Crippen LogP) is 2.63. The highest BCUT2D eigenvalue weighted by molar-refractivity contribution is 5.76. The van der Waals surface area contributed by atoms with Crippen LogP contribution in [0.1, 0.15) is 11.1 Å². The quantitative estimate of drug-likeness (QED) is 0.752. The zero-order valence-corrected chi connectivity index (χ0v) is 12.6. The second kappa shape index (κ2) is 6.21. The van der Waals surface area contributed by atoms with Crippen LogP contribution in [0.3, 0.4) is 0 Å². The third kappa shape index (κ3) is 3.38. The van der Waals surface area contributed by atoms with Crippen LogP contribution in [0.15, 0.2) is 48.5 Å². The summed E-state index contributed by atoms with van der Waals surface area (Å²) in [6.07, 6.45) is 2.11. The number of fused-ring (bicyclic) bond motifs is 3. The normalized spacial score (nSPS) is 23.1. The molecule has 2 saturated heterocycles. The first kappa shape index (κ1) is 13.9. The van der Waals surface area contributed by atoms with E-state index in [-0.39, 0.29) is 0 Å². The maximum Gasteiger partial charge on any atom is 0.0933 e. The number of ether oxygens (including phenoxy) is 2. The van der Waals surface area contributed by atoms with E-state index in [1.807, 2.05) is 0 Å². The first-order valence-electron chi connectivity index (χ1n) is 8.00. The van der Waals surface area contributed by atoms with Crippen LogP contribution in [-0.2, 0) is 15.9 Å². The summed E-state index contributed by atoms with van der Waals surface area (Å²) in [6.45, 7) is 3.89. The predicted molar refractivity (Wildman–Crippen MR) is 87.0 cm³/mol. The van der Waals surface area contributed by atoms with Gasteiger partial charge in [0, 0.05) is 13.1 Å². The molecule has 2 aromatic rings. The summed E-state index contributed by atoms with van der Waals surface area (Å²) in [6, 6.07) is 17.3. The molecule has 3 aliphatic rings. The number of hydrogen-bond acceptors (Lipinski definition) is 3. The largest absolute Gasteiger partial charge is 0.372 e. The lowest BCUT2D eigenvalue weighted by atomic mass is 10.1. The molecule has 114 valence electrons.